The minimum atomic E-state index is -0.737. The number of ketones is 1. The van der Waals surface area contributed by atoms with E-state index in [4.69, 9.17) is 9.47 Å². The van der Waals surface area contributed by atoms with Crippen LogP contribution in [0.4, 0.5) is 0 Å². The van der Waals surface area contributed by atoms with Crippen molar-refractivity contribution in [2.24, 2.45) is 5.92 Å². The van der Waals surface area contributed by atoms with Gasteiger partial charge in [0.2, 0.25) is 0 Å². The first-order chi connectivity index (χ1) is 16.2. The number of ether oxygens (including phenoxy) is 2. The molecule has 0 radical (unpaired) electrons. The lowest BCUT2D eigenvalue weighted by molar-refractivity contribution is -0.140. The lowest BCUT2D eigenvalue weighted by Gasteiger charge is -2.27. The SMILES string of the molecule is COc1cc(C2/C(=C(\O)c3ccccc3)C(=O)C(=O)N2CCN(C)C)ccc1OCCC(C)C. The van der Waals surface area contributed by atoms with Gasteiger partial charge in [-0.3, -0.25) is 9.59 Å². The molecule has 1 fully saturated rings. The van der Waals surface area contributed by atoms with E-state index in [1.54, 1.807) is 43.5 Å². The summed E-state index contributed by atoms with van der Waals surface area (Å²) in [5.41, 5.74) is 1.23. The van der Waals surface area contributed by atoms with E-state index in [1.807, 2.05) is 31.1 Å². The van der Waals surface area contributed by atoms with Gasteiger partial charge in [-0.15, -0.1) is 0 Å². The first-order valence-electron chi connectivity index (χ1n) is 11.5. The Morgan fingerprint density at radius 3 is 2.41 bits per heavy atom. The number of nitrogens with zero attached hydrogens (tertiary/aromatic N) is 2. The Labute approximate surface area is 201 Å². The maximum Gasteiger partial charge on any atom is 0.295 e. The second-order valence-electron chi connectivity index (χ2n) is 9.10. The number of likely N-dealkylation sites (N-methyl/N-ethyl adjacent to an activating group) is 1. The molecule has 1 aliphatic heterocycles. The minimum Gasteiger partial charge on any atom is -0.507 e. The molecule has 1 amide bonds. The number of carbonyl (C=O) groups excluding carboxylic acids is 2. The monoisotopic (exact) mass is 466 g/mol. The molecule has 0 aliphatic carbocycles. The lowest BCUT2D eigenvalue weighted by atomic mass is 9.95. The molecule has 1 heterocycles. The highest BCUT2D eigenvalue weighted by Crippen LogP contribution is 2.41. The fourth-order valence-electron chi connectivity index (χ4n) is 3.89. The predicted molar refractivity (Wildman–Crippen MR) is 132 cm³/mol. The Kier molecular flexibility index (Phi) is 8.34. The van der Waals surface area contributed by atoms with Gasteiger partial charge in [-0.1, -0.05) is 50.2 Å². The quantitative estimate of drug-likeness (QED) is 0.323. The molecule has 7 heteroatoms. The van der Waals surface area contributed by atoms with Crippen LogP contribution in [0.3, 0.4) is 0 Å². The van der Waals surface area contributed by atoms with Crippen molar-refractivity contribution in [2.75, 3.05) is 40.9 Å². The lowest BCUT2D eigenvalue weighted by Crippen LogP contribution is -2.35. The number of amides is 1. The van der Waals surface area contributed by atoms with Crippen LogP contribution in [0.1, 0.15) is 37.4 Å². The van der Waals surface area contributed by atoms with Gasteiger partial charge in [0.25, 0.3) is 11.7 Å². The molecule has 1 aliphatic rings. The van der Waals surface area contributed by atoms with Crippen LogP contribution in [0, 0.1) is 5.92 Å². The molecule has 182 valence electrons. The standard InChI is InChI=1S/C27H34N2O5/c1-18(2)13-16-34-21-12-11-20(17-22(21)33-5)24-23(25(30)19-9-7-6-8-10-19)26(31)27(32)29(24)15-14-28(3)4/h6-12,17-18,24,30H,13-16H2,1-5H3/b25-23+. The zero-order chi connectivity index (χ0) is 24.8. The number of Topliss-reactive ketones (excluding diaryl/α,β-unsaturated/α-hetero) is 1. The summed E-state index contributed by atoms with van der Waals surface area (Å²) in [4.78, 5) is 29.6. The van der Waals surface area contributed by atoms with Crippen LogP contribution < -0.4 is 9.47 Å². The number of carbonyl (C=O) groups is 2. The van der Waals surface area contributed by atoms with Gasteiger partial charge in [0, 0.05) is 18.7 Å². The molecule has 0 bridgehead atoms. The topological polar surface area (TPSA) is 79.3 Å². The van der Waals surface area contributed by atoms with Gasteiger partial charge in [0.05, 0.1) is 25.3 Å². The molecule has 3 rings (SSSR count). The van der Waals surface area contributed by atoms with Crippen LogP contribution in [0.15, 0.2) is 54.1 Å². The van der Waals surface area contributed by atoms with Crippen LogP contribution >= 0.6 is 0 Å². The number of benzene rings is 2. The van der Waals surface area contributed by atoms with Crippen molar-refractivity contribution in [2.45, 2.75) is 26.3 Å². The Morgan fingerprint density at radius 2 is 1.79 bits per heavy atom. The average molecular weight is 467 g/mol. The maximum absolute atomic E-state index is 13.1. The first kappa shape index (κ1) is 25.3. The highest BCUT2D eigenvalue weighted by atomic mass is 16.5. The zero-order valence-electron chi connectivity index (χ0n) is 20.6. The second kappa shape index (κ2) is 11.2. The van der Waals surface area contributed by atoms with Crippen molar-refractivity contribution < 1.29 is 24.2 Å². The molecule has 0 spiro atoms. The van der Waals surface area contributed by atoms with Gasteiger partial charge in [-0.05, 0) is 44.1 Å². The first-order valence-corrected chi connectivity index (χ1v) is 11.5. The summed E-state index contributed by atoms with van der Waals surface area (Å²) in [7, 11) is 5.37. The molecule has 0 aromatic heterocycles. The molecular formula is C27H34N2O5. The van der Waals surface area contributed by atoms with E-state index in [9.17, 15) is 14.7 Å². The summed E-state index contributed by atoms with van der Waals surface area (Å²) < 4.78 is 11.5. The normalized spacial score (nSPS) is 17.6. The highest BCUT2D eigenvalue weighted by Gasteiger charge is 2.46. The number of hydrogen-bond acceptors (Lipinski definition) is 6. The third-order valence-corrected chi connectivity index (χ3v) is 5.83. The summed E-state index contributed by atoms with van der Waals surface area (Å²) in [5.74, 6) is 0.119. The van der Waals surface area contributed by atoms with Gasteiger partial charge >= 0.3 is 0 Å². The molecule has 1 atom stereocenters. The summed E-state index contributed by atoms with van der Waals surface area (Å²) in [5, 5.41) is 11.1. The number of rotatable bonds is 10. The van der Waals surface area contributed by atoms with Crippen LogP contribution in [0.2, 0.25) is 0 Å². The van der Waals surface area contributed by atoms with E-state index in [0.29, 0.717) is 48.2 Å². The van der Waals surface area contributed by atoms with Crippen molar-refractivity contribution >= 4 is 17.4 Å². The molecule has 2 aromatic rings. The van der Waals surface area contributed by atoms with E-state index in [2.05, 4.69) is 13.8 Å². The largest absolute Gasteiger partial charge is 0.507 e. The number of aliphatic hydroxyl groups is 1. The molecule has 34 heavy (non-hydrogen) atoms. The molecule has 7 nitrogen and oxygen atoms in total. The molecule has 0 saturated carbocycles. The number of aliphatic hydroxyl groups excluding tert-OH is 1. The molecule has 1 saturated heterocycles. The fraction of sp³-hybridized carbons (Fsp3) is 0.407. The van der Waals surface area contributed by atoms with Crippen LogP contribution in [0.5, 0.6) is 11.5 Å². The number of likely N-dealkylation sites (tertiary alicyclic amines) is 1. The van der Waals surface area contributed by atoms with Gasteiger partial charge in [-0.2, -0.15) is 0 Å². The molecular weight excluding hydrogens is 432 g/mol. The molecule has 1 unspecified atom stereocenters. The smallest absolute Gasteiger partial charge is 0.295 e. The number of methoxy groups -OCH3 is 1. The van der Waals surface area contributed by atoms with Crippen LogP contribution in [0.25, 0.3) is 5.76 Å². The Hall–Kier alpha value is -3.32. The van der Waals surface area contributed by atoms with E-state index < -0.39 is 17.7 Å². The third kappa shape index (κ3) is 5.59. The zero-order valence-corrected chi connectivity index (χ0v) is 20.6. The summed E-state index contributed by atoms with van der Waals surface area (Å²) in [6, 6.07) is 13.5. The fourth-order valence-corrected chi connectivity index (χ4v) is 3.89. The van der Waals surface area contributed by atoms with E-state index in [-0.39, 0.29) is 11.3 Å². The predicted octanol–water partition coefficient (Wildman–Crippen LogP) is 4.10. The Bertz CT molecular complexity index is 1050. The second-order valence-corrected chi connectivity index (χ2v) is 9.10. The number of hydrogen-bond donors (Lipinski definition) is 1. The van der Waals surface area contributed by atoms with Crippen molar-refractivity contribution in [3.63, 3.8) is 0 Å². The highest BCUT2D eigenvalue weighted by molar-refractivity contribution is 6.46. The van der Waals surface area contributed by atoms with Crippen molar-refractivity contribution in [3.05, 3.63) is 65.2 Å². The summed E-state index contributed by atoms with van der Waals surface area (Å²) in [6.45, 7) is 5.73. The van der Waals surface area contributed by atoms with Gasteiger partial charge < -0.3 is 24.4 Å². The van der Waals surface area contributed by atoms with Gasteiger partial charge in [0.1, 0.15) is 5.76 Å². The van der Waals surface area contributed by atoms with Crippen molar-refractivity contribution in [3.8, 4) is 11.5 Å². The van der Waals surface area contributed by atoms with Gasteiger partial charge in [-0.25, -0.2) is 0 Å². The van der Waals surface area contributed by atoms with Crippen LogP contribution in [-0.4, -0.2) is 67.5 Å². The summed E-state index contributed by atoms with van der Waals surface area (Å²) >= 11 is 0. The molecule has 2 aromatic carbocycles. The average Bonchev–Trinajstić information content (AvgIpc) is 3.07. The van der Waals surface area contributed by atoms with Crippen molar-refractivity contribution in [1.29, 1.82) is 0 Å². The van der Waals surface area contributed by atoms with Crippen LogP contribution in [-0.2, 0) is 9.59 Å². The van der Waals surface area contributed by atoms with E-state index in [0.717, 1.165) is 6.42 Å². The van der Waals surface area contributed by atoms with Gasteiger partial charge in [0.15, 0.2) is 11.5 Å². The third-order valence-electron chi connectivity index (χ3n) is 5.83. The van der Waals surface area contributed by atoms with E-state index >= 15 is 0 Å². The van der Waals surface area contributed by atoms with Crippen molar-refractivity contribution in [1.82, 2.24) is 9.80 Å². The molecule has 1 N–H and O–H groups in total. The summed E-state index contributed by atoms with van der Waals surface area (Å²) in [6.07, 6.45) is 0.909. The maximum atomic E-state index is 13.1. The minimum absolute atomic E-state index is 0.0745. The van der Waals surface area contributed by atoms with E-state index in [1.165, 1.54) is 4.90 Å². The Morgan fingerprint density at radius 1 is 1.09 bits per heavy atom. The Balaban J connectivity index is 2.07.